The number of carboxylic acid groups (broad SMARTS) is 1. The largest absolute Gasteiger partial charge is 0.481 e. The van der Waals surface area contributed by atoms with E-state index < -0.39 is 24.6 Å². The van der Waals surface area contributed by atoms with Crippen molar-refractivity contribution in [3.8, 4) is 0 Å². The van der Waals surface area contributed by atoms with E-state index in [2.05, 4.69) is 5.10 Å². The first-order valence-electron chi connectivity index (χ1n) is 4.08. The van der Waals surface area contributed by atoms with Crippen LogP contribution in [0.4, 0.5) is 0 Å². The van der Waals surface area contributed by atoms with Crippen molar-refractivity contribution in [3.05, 3.63) is 18.0 Å². The van der Waals surface area contributed by atoms with E-state index in [9.17, 15) is 15.0 Å². The summed E-state index contributed by atoms with van der Waals surface area (Å²) in [6, 6.07) is 1.52. The zero-order chi connectivity index (χ0) is 10.7. The molecule has 0 saturated heterocycles. The van der Waals surface area contributed by atoms with E-state index in [1.165, 1.54) is 10.7 Å². The van der Waals surface area contributed by atoms with Crippen LogP contribution in [0.3, 0.4) is 0 Å². The number of aliphatic hydroxyl groups is 2. The topological polar surface area (TPSA) is 95.6 Å². The summed E-state index contributed by atoms with van der Waals surface area (Å²) in [5.41, 5.74) is 0.265. The van der Waals surface area contributed by atoms with Crippen molar-refractivity contribution in [2.45, 2.75) is 18.6 Å². The third-order valence-corrected chi connectivity index (χ3v) is 1.79. The molecule has 14 heavy (non-hydrogen) atoms. The molecule has 0 aromatic carbocycles. The monoisotopic (exact) mass is 200 g/mol. The molecule has 0 fully saturated rings. The van der Waals surface area contributed by atoms with Crippen LogP contribution in [-0.4, -0.2) is 37.2 Å². The van der Waals surface area contributed by atoms with E-state index >= 15 is 0 Å². The van der Waals surface area contributed by atoms with Crippen LogP contribution in [0.15, 0.2) is 12.3 Å². The summed E-state index contributed by atoms with van der Waals surface area (Å²) in [5.74, 6) is -1.16. The number of carboxylic acids is 1. The molecule has 1 aromatic heterocycles. The third kappa shape index (κ3) is 2.54. The van der Waals surface area contributed by atoms with Gasteiger partial charge in [0.2, 0.25) is 0 Å². The Bertz CT molecular complexity index is 323. The highest BCUT2D eigenvalue weighted by atomic mass is 16.4. The second-order valence-corrected chi connectivity index (χ2v) is 3.02. The summed E-state index contributed by atoms with van der Waals surface area (Å²) in [4.78, 5) is 10.3. The number of aliphatic hydroxyl groups excluding tert-OH is 2. The Hall–Kier alpha value is -1.40. The molecule has 0 saturated carbocycles. The number of rotatable bonds is 4. The molecule has 0 bridgehead atoms. The number of nitrogens with zero attached hydrogens (tertiary/aromatic N) is 2. The molecule has 6 nitrogen and oxygen atoms in total. The fourth-order valence-electron chi connectivity index (χ4n) is 1.08. The predicted octanol–water partition coefficient (Wildman–Crippen LogP) is -0.711. The van der Waals surface area contributed by atoms with Gasteiger partial charge in [0.1, 0.15) is 6.10 Å². The van der Waals surface area contributed by atoms with Crippen molar-refractivity contribution in [1.82, 2.24) is 9.78 Å². The normalized spacial score (nSPS) is 15.1. The minimum Gasteiger partial charge on any atom is -0.481 e. The van der Waals surface area contributed by atoms with Gasteiger partial charge in [0.05, 0.1) is 18.2 Å². The number of hydrogen-bond donors (Lipinski definition) is 3. The second kappa shape index (κ2) is 4.21. The average Bonchev–Trinajstić information content (AvgIpc) is 2.49. The van der Waals surface area contributed by atoms with E-state index in [-0.39, 0.29) is 5.69 Å². The van der Waals surface area contributed by atoms with Crippen molar-refractivity contribution in [2.24, 2.45) is 7.05 Å². The third-order valence-electron chi connectivity index (χ3n) is 1.79. The minimum absolute atomic E-state index is 0.265. The van der Waals surface area contributed by atoms with Gasteiger partial charge in [0.15, 0.2) is 0 Å². The Morgan fingerprint density at radius 3 is 2.71 bits per heavy atom. The van der Waals surface area contributed by atoms with Crippen LogP contribution in [0.25, 0.3) is 0 Å². The van der Waals surface area contributed by atoms with Gasteiger partial charge < -0.3 is 15.3 Å². The van der Waals surface area contributed by atoms with Crippen LogP contribution in [0.2, 0.25) is 0 Å². The summed E-state index contributed by atoms with van der Waals surface area (Å²) >= 11 is 0. The van der Waals surface area contributed by atoms with Crippen molar-refractivity contribution in [1.29, 1.82) is 0 Å². The molecular weight excluding hydrogens is 188 g/mol. The van der Waals surface area contributed by atoms with Gasteiger partial charge in [0, 0.05) is 13.2 Å². The zero-order valence-corrected chi connectivity index (χ0v) is 7.66. The fourth-order valence-corrected chi connectivity index (χ4v) is 1.08. The zero-order valence-electron chi connectivity index (χ0n) is 7.66. The van der Waals surface area contributed by atoms with Gasteiger partial charge in [-0.1, -0.05) is 0 Å². The Labute approximate surface area is 80.4 Å². The molecule has 0 aliphatic heterocycles. The number of aromatic nitrogens is 2. The Morgan fingerprint density at radius 1 is 1.64 bits per heavy atom. The lowest BCUT2D eigenvalue weighted by atomic mass is 10.1. The van der Waals surface area contributed by atoms with Crippen LogP contribution >= 0.6 is 0 Å². The molecule has 2 atom stereocenters. The molecule has 0 amide bonds. The quantitative estimate of drug-likeness (QED) is 0.596. The fraction of sp³-hybridized carbons (Fsp3) is 0.500. The summed E-state index contributed by atoms with van der Waals surface area (Å²) in [5, 5.41) is 31.0. The van der Waals surface area contributed by atoms with E-state index in [4.69, 9.17) is 5.11 Å². The Kier molecular flexibility index (Phi) is 3.21. The summed E-state index contributed by atoms with van der Waals surface area (Å²) in [7, 11) is 1.67. The van der Waals surface area contributed by atoms with Gasteiger partial charge in [-0.05, 0) is 6.07 Å². The number of aliphatic carboxylic acids is 1. The first-order chi connectivity index (χ1) is 6.50. The number of aryl methyl sites for hydroxylation is 1. The van der Waals surface area contributed by atoms with Gasteiger partial charge in [0.25, 0.3) is 0 Å². The highest BCUT2D eigenvalue weighted by Crippen LogP contribution is 2.16. The molecular formula is C8H12N2O4. The van der Waals surface area contributed by atoms with Crippen molar-refractivity contribution in [2.75, 3.05) is 0 Å². The molecule has 1 aromatic rings. The smallest absolute Gasteiger partial charge is 0.306 e. The number of hydrogen-bond acceptors (Lipinski definition) is 4. The van der Waals surface area contributed by atoms with Gasteiger partial charge in [-0.2, -0.15) is 5.10 Å². The second-order valence-electron chi connectivity index (χ2n) is 3.02. The average molecular weight is 200 g/mol. The molecule has 1 rings (SSSR count). The summed E-state index contributed by atoms with van der Waals surface area (Å²) in [6.45, 7) is 0. The lowest BCUT2D eigenvalue weighted by Gasteiger charge is -2.13. The first kappa shape index (κ1) is 10.7. The highest BCUT2D eigenvalue weighted by molar-refractivity contribution is 5.67. The van der Waals surface area contributed by atoms with Crippen LogP contribution in [0.1, 0.15) is 18.2 Å². The van der Waals surface area contributed by atoms with E-state index in [1.54, 1.807) is 13.2 Å². The molecule has 6 heteroatoms. The SMILES string of the molecule is Cn1ccc(C(O)C(O)CC(=O)O)n1. The Balaban J connectivity index is 2.65. The van der Waals surface area contributed by atoms with E-state index in [0.29, 0.717) is 0 Å². The van der Waals surface area contributed by atoms with Gasteiger partial charge >= 0.3 is 5.97 Å². The molecule has 3 N–H and O–H groups in total. The lowest BCUT2D eigenvalue weighted by Crippen LogP contribution is -2.22. The maximum absolute atomic E-state index is 10.3. The molecule has 1 heterocycles. The minimum atomic E-state index is -1.33. The van der Waals surface area contributed by atoms with Crippen LogP contribution in [0, 0.1) is 0 Å². The van der Waals surface area contributed by atoms with Crippen LogP contribution in [0.5, 0.6) is 0 Å². The van der Waals surface area contributed by atoms with Crippen LogP contribution in [-0.2, 0) is 11.8 Å². The predicted molar refractivity (Wildman–Crippen MR) is 46.4 cm³/mol. The molecule has 0 aliphatic rings. The maximum atomic E-state index is 10.3. The molecule has 2 unspecified atom stereocenters. The van der Waals surface area contributed by atoms with E-state index in [0.717, 1.165) is 0 Å². The molecule has 0 aliphatic carbocycles. The summed E-state index contributed by atoms with van der Waals surface area (Å²) < 4.78 is 1.46. The van der Waals surface area contributed by atoms with Gasteiger partial charge in [-0.15, -0.1) is 0 Å². The van der Waals surface area contributed by atoms with E-state index in [1.807, 2.05) is 0 Å². The lowest BCUT2D eigenvalue weighted by molar-refractivity contribution is -0.141. The first-order valence-corrected chi connectivity index (χ1v) is 4.08. The summed E-state index contributed by atoms with van der Waals surface area (Å²) in [6.07, 6.45) is -1.49. The van der Waals surface area contributed by atoms with Crippen molar-refractivity contribution < 1.29 is 20.1 Å². The Morgan fingerprint density at radius 2 is 2.29 bits per heavy atom. The molecule has 0 radical (unpaired) electrons. The highest BCUT2D eigenvalue weighted by Gasteiger charge is 2.22. The maximum Gasteiger partial charge on any atom is 0.306 e. The van der Waals surface area contributed by atoms with Gasteiger partial charge in [-0.3, -0.25) is 9.48 Å². The molecule has 0 spiro atoms. The van der Waals surface area contributed by atoms with Crippen molar-refractivity contribution >= 4 is 5.97 Å². The van der Waals surface area contributed by atoms with Crippen LogP contribution < -0.4 is 0 Å². The standard InChI is InChI=1S/C8H12N2O4/c1-10-3-2-5(9-10)8(14)6(11)4-7(12)13/h2-3,6,8,11,14H,4H2,1H3,(H,12,13). The van der Waals surface area contributed by atoms with Gasteiger partial charge in [-0.25, -0.2) is 0 Å². The molecule has 78 valence electrons. The number of carbonyl (C=O) groups is 1. The van der Waals surface area contributed by atoms with Crippen molar-refractivity contribution in [3.63, 3.8) is 0 Å².